The summed E-state index contributed by atoms with van der Waals surface area (Å²) < 4.78 is 27.7. The van der Waals surface area contributed by atoms with Gasteiger partial charge in [0, 0.05) is 23.7 Å². The number of nitrogens with one attached hydrogen (secondary N) is 1. The molecule has 2 aromatic carbocycles. The predicted molar refractivity (Wildman–Crippen MR) is 108 cm³/mol. The summed E-state index contributed by atoms with van der Waals surface area (Å²) in [5.74, 6) is 0.00658. The van der Waals surface area contributed by atoms with E-state index in [1.807, 2.05) is 4.90 Å². The fraction of sp³-hybridized carbons (Fsp3) is 0.350. The van der Waals surface area contributed by atoms with Crippen LogP contribution in [0.5, 0.6) is 0 Å². The first-order valence-corrected chi connectivity index (χ1v) is 10.9. The van der Waals surface area contributed by atoms with Crippen molar-refractivity contribution in [2.24, 2.45) is 0 Å². The highest BCUT2D eigenvalue weighted by Crippen LogP contribution is 2.23. The number of rotatable bonds is 4. The quantitative estimate of drug-likeness (QED) is 0.814. The molecule has 1 fully saturated rings. The highest BCUT2D eigenvalue weighted by molar-refractivity contribution is 7.92. The molecule has 3 rings (SSSR count). The second-order valence-electron chi connectivity index (χ2n) is 6.80. The molecule has 0 unspecified atom stereocenters. The van der Waals surface area contributed by atoms with Crippen LogP contribution in [0.15, 0.2) is 47.4 Å². The Labute approximate surface area is 165 Å². The van der Waals surface area contributed by atoms with Crippen LogP contribution in [0.1, 0.15) is 41.6 Å². The van der Waals surface area contributed by atoms with Crippen LogP contribution in [-0.4, -0.2) is 32.3 Å². The molecule has 1 N–H and O–H groups in total. The van der Waals surface area contributed by atoms with Gasteiger partial charge in [0.25, 0.3) is 15.9 Å². The molecular formula is C20H23ClN2O3S. The maximum Gasteiger partial charge on any atom is 0.261 e. The van der Waals surface area contributed by atoms with E-state index in [1.165, 1.54) is 24.3 Å². The van der Waals surface area contributed by atoms with Crippen LogP contribution < -0.4 is 4.72 Å². The molecule has 27 heavy (non-hydrogen) atoms. The summed E-state index contributed by atoms with van der Waals surface area (Å²) in [5.41, 5.74) is 1.74. The van der Waals surface area contributed by atoms with Crippen molar-refractivity contribution >= 4 is 33.2 Å². The second kappa shape index (κ2) is 8.31. The molecule has 0 radical (unpaired) electrons. The van der Waals surface area contributed by atoms with Crippen LogP contribution in [0.4, 0.5) is 5.69 Å². The van der Waals surface area contributed by atoms with Gasteiger partial charge in [0.1, 0.15) is 0 Å². The Bertz CT molecular complexity index is 919. The van der Waals surface area contributed by atoms with E-state index < -0.39 is 10.0 Å². The van der Waals surface area contributed by atoms with Crippen molar-refractivity contribution in [1.29, 1.82) is 0 Å². The molecule has 0 bridgehead atoms. The van der Waals surface area contributed by atoms with E-state index in [0.29, 0.717) is 21.8 Å². The van der Waals surface area contributed by atoms with Gasteiger partial charge in [0.2, 0.25) is 0 Å². The topological polar surface area (TPSA) is 66.5 Å². The Balaban J connectivity index is 1.78. The van der Waals surface area contributed by atoms with E-state index in [1.54, 1.807) is 25.1 Å². The molecule has 0 spiro atoms. The summed E-state index contributed by atoms with van der Waals surface area (Å²) in [4.78, 5) is 14.8. The van der Waals surface area contributed by atoms with Crippen LogP contribution in [0.3, 0.4) is 0 Å². The maximum atomic E-state index is 12.7. The van der Waals surface area contributed by atoms with Gasteiger partial charge in [-0.15, -0.1) is 0 Å². The van der Waals surface area contributed by atoms with Gasteiger partial charge in [0.05, 0.1) is 10.6 Å². The zero-order valence-corrected chi connectivity index (χ0v) is 16.8. The van der Waals surface area contributed by atoms with Crippen molar-refractivity contribution in [3.63, 3.8) is 0 Å². The molecule has 144 valence electrons. The number of halogens is 1. The fourth-order valence-corrected chi connectivity index (χ4v) is 4.44. The van der Waals surface area contributed by atoms with E-state index in [9.17, 15) is 13.2 Å². The average Bonchev–Trinajstić information content (AvgIpc) is 2.92. The lowest BCUT2D eigenvalue weighted by Crippen LogP contribution is -2.31. The minimum atomic E-state index is -3.71. The lowest BCUT2D eigenvalue weighted by Gasteiger charge is -2.21. The fourth-order valence-electron chi connectivity index (χ4n) is 3.18. The minimum absolute atomic E-state index is 0.00658. The van der Waals surface area contributed by atoms with Gasteiger partial charge in [-0.3, -0.25) is 9.52 Å². The number of hydrogen-bond donors (Lipinski definition) is 1. The molecule has 1 aliphatic heterocycles. The molecule has 5 nitrogen and oxygen atoms in total. The average molecular weight is 407 g/mol. The number of carbonyl (C=O) groups excluding carboxylic acids is 1. The minimum Gasteiger partial charge on any atom is -0.339 e. The third-order valence-corrected chi connectivity index (χ3v) is 6.37. The molecular weight excluding hydrogens is 384 g/mol. The van der Waals surface area contributed by atoms with Gasteiger partial charge in [0.15, 0.2) is 0 Å². The normalized spacial score (nSPS) is 15.3. The molecule has 1 heterocycles. The molecule has 1 saturated heterocycles. The van der Waals surface area contributed by atoms with Crippen molar-refractivity contribution in [2.45, 2.75) is 37.5 Å². The number of amides is 1. The highest BCUT2D eigenvalue weighted by atomic mass is 35.5. The number of carbonyl (C=O) groups is 1. The molecule has 2 aromatic rings. The summed E-state index contributed by atoms with van der Waals surface area (Å²) >= 11 is 5.82. The van der Waals surface area contributed by atoms with Crippen molar-refractivity contribution in [1.82, 2.24) is 4.90 Å². The molecule has 0 saturated carbocycles. The van der Waals surface area contributed by atoms with Crippen LogP contribution in [0, 0.1) is 6.92 Å². The molecule has 1 aliphatic rings. The second-order valence-corrected chi connectivity index (χ2v) is 8.91. The predicted octanol–water partition coefficient (Wildman–Crippen LogP) is 4.47. The molecule has 1 amide bonds. The Morgan fingerprint density at radius 1 is 1.00 bits per heavy atom. The highest BCUT2D eigenvalue weighted by Gasteiger charge is 2.19. The molecule has 0 aromatic heterocycles. The summed E-state index contributed by atoms with van der Waals surface area (Å²) in [6.07, 6.45) is 4.38. The monoisotopic (exact) mass is 406 g/mol. The van der Waals surface area contributed by atoms with E-state index in [0.717, 1.165) is 38.8 Å². The molecule has 7 heteroatoms. The van der Waals surface area contributed by atoms with Crippen molar-refractivity contribution < 1.29 is 13.2 Å². The van der Waals surface area contributed by atoms with E-state index in [-0.39, 0.29) is 10.8 Å². The number of likely N-dealkylation sites (tertiary alicyclic amines) is 1. The third kappa shape index (κ3) is 4.82. The number of anilines is 1. The van der Waals surface area contributed by atoms with E-state index in [4.69, 9.17) is 11.6 Å². The van der Waals surface area contributed by atoms with Gasteiger partial charge >= 0.3 is 0 Å². The van der Waals surface area contributed by atoms with Crippen LogP contribution in [-0.2, 0) is 10.0 Å². The number of benzene rings is 2. The van der Waals surface area contributed by atoms with Gasteiger partial charge in [-0.1, -0.05) is 24.4 Å². The summed E-state index contributed by atoms with van der Waals surface area (Å²) in [7, 11) is -3.71. The molecule has 0 aliphatic carbocycles. The van der Waals surface area contributed by atoms with Crippen molar-refractivity contribution in [3.8, 4) is 0 Å². The third-order valence-electron chi connectivity index (χ3n) is 4.73. The first-order chi connectivity index (χ1) is 12.9. The van der Waals surface area contributed by atoms with Crippen LogP contribution in [0.2, 0.25) is 5.02 Å². The van der Waals surface area contributed by atoms with Gasteiger partial charge in [-0.05, 0) is 67.8 Å². The van der Waals surface area contributed by atoms with E-state index in [2.05, 4.69) is 4.72 Å². The van der Waals surface area contributed by atoms with Crippen LogP contribution >= 0.6 is 11.6 Å². The summed E-state index contributed by atoms with van der Waals surface area (Å²) in [6.45, 7) is 3.35. The van der Waals surface area contributed by atoms with Gasteiger partial charge in [-0.25, -0.2) is 8.42 Å². The number of aryl methyl sites for hydroxylation is 1. The van der Waals surface area contributed by atoms with Gasteiger partial charge < -0.3 is 4.90 Å². The van der Waals surface area contributed by atoms with Crippen molar-refractivity contribution in [2.75, 3.05) is 17.8 Å². The SMILES string of the molecule is Cc1cc(C(=O)N2CCCCCC2)ccc1NS(=O)(=O)c1ccc(Cl)cc1. The zero-order chi connectivity index (χ0) is 19.4. The Morgan fingerprint density at radius 3 is 2.22 bits per heavy atom. The lowest BCUT2D eigenvalue weighted by atomic mass is 10.1. The van der Waals surface area contributed by atoms with E-state index >= 15 is 0 Å². The number of nitrogens with zero attached hydrogens (tertiary/aromatic N) is 1. The standard InChI is InChI=1S/C20H23ClN2O3S/c1-15-14-16(20(24)23-12-4-2-3-5-13-23)6-11-19(15)22-27(25,26)18-9-7-17(21)8-10-18/h6-11,14,22H,2-5,12-13H2,1H3. The van der Waals surface area contributed by atoms with Crippen molar-refractivity contribution in [3.05, 3.63) is 58.6 Å². The number of hydrogen-bond acceptors (Lipinski definition) is 3. The Hall–Kier alpha value is -2.05. The Morgan fingerprint density at radius 2 is 1.63 bits per heavy atom. The first-order valence-electron chi connectivity index (χ1n) is 9.05. The molecule has 0 atom stereocenters. The van der Waals surface area contributed by atoms with Crippen LogP contribution in [0.25, 0.3) is 0 Å². The lowest BCUT2D eigenvalue weighted by molar-refractivity contribution is 0.0761. The number of sulfonamides is 1. The Kier molecular flexibility index (Phi) is 6.07. The maximum absolute atomic E-state index is 12.7. The first kappa shape index (κ1) is 19.7. The summed E-state index contributed by atoms with van der Waals surface area (Å²) in [6, 6.07) is 11.0. The zero-order valence-electron chi connectivity index (χ0n) is 15.2. The van der Waals surface area contributed by atoms with Gasteiger partial charge in [-0.2, -0.15) is 0 Å². The largest absolute Gasteiger partial charge is 0.339 e. The smallest absolute Gasteiger partial charge is 0.261 e. The summed E-state index contributed by atoms with van der Waals surface area (Å²) in [5, 5.41) is 0.474.